The number of nitriles is 1. The third kappa shape index (κ3) is 2.50. The Kier molecular flexibility index (Phi) is 3.49. The fraction of sp³-hybridized carbons (Fsp3) is 0.538. The van der Waals surface area contributed by atoms with Crippen LogP contribution >= 0.6 is 11.3 Å². The lowest BCUT2D eigenvalue weighted by Crippen LogP contribution is -2.48. The first-order valence-corrected chi connectivity index (χ1v) is 6.84. The topological polar surface area (TPSA) is 52.9 Å². The predicted molar refractivity (Wildman–Crippen MR) is 67.5 cm³/mol. The first-order valence-electron chi connectivity index (χ1n) is 5.89. The number of amides is 1. The average molecular weight is 248 g/mol. The maximum Gasteiger partial charge on any atom is 0.240 e. The highest BCUT2D eigenvalue weighted by Crippen LogP contribution is 2.40. The van der Waals surface area contributed by atoms with Crippen LogP contribution in [0, 0.1) is 16.7 Å². The molecule has 0 saturated heterocycles. The fourth-order valence-electron chi connectivity index (χ4n) is 2.10. The van der Waals surface area contributed by atoms with Gasteiger partial charge in [0.2, 0.25) is 5.91 Å². The molecule has 1 saturated carbocycles. The Balaban J connectivity index is 1.88. The SMILES string of the molecule is CC(Cc1ccsc1)NC(=O)C1(C#N)CCC1. The van der Waals surface area contributed by atoms with Crippen LogP contribution in [0.5, 0.6) is 0 Å². The van der Waals surface area contributed by atoms with Crippen LogP contribution in [0.3, 0.4) is 0 Å². The second-order valence-corrected chi connectivity index (χ2v) is 5.54. The molecular weight excluding hydrogens is 232 g/mol. The van der Waals surface area contributed by atoms with Gasteiger partial charge in [-0.2, -0.15) is 16.6 Å². The van der Waals surface area contributed by atoms with Crippen molar-refractivity contribution in [2.75, 3.05) is 0 Å². The number of nitrogens with one attached hydrogen (secondary N) is 1. The standard InChI is InChI=1S/C13H16N2OS/c1-10(7-11-3-6-17-8-11)15-12(16)13(9-14)4-2-5-13/h3,6,8,10H,2,4-5,7H2,1H3,(H,15,16). The molecule has 2 rings (SSSR count). The Morgan fingerprint density at radius 2 is 2.47 bits per heavy atom. The van der Waals surface area contributed by atoms with Crippen molar-refractivity contribution >= 4 is 17.2 Å². The predicted octanol–water partition coefficient (Wildman–Crippen LogP) is 2.49. The molecule has 1 heterocycles. The third-order valence-electron chi connectivity index (χ3n) is 3.36. The molecule has 0 aromatic carbocycles. The van der Waals surface area contributed by atoms with Crippen molar-refractivity contribution in [3.8, 4) is 6.07 Å². The molecular formula is C13H16N2OS. The van der Waals surface area contributed by atoms with Gasteiger partial charge in [-0.15, -0.1) is 0 Å². The fourth-order valence-corrected chi connectivity index (χ4v) is 2.78. The van der Waals surface area contributed by atoms with E-state index in [0.29, 0.717) is 12.8 Å². The third-order valence-corrected chi connectivity index (χ3v) is 4.09. The lowest BCUT2D eigenvalue weighted by atomic mass is 9.69. The maximum absolute atomic E-state index is 12.0. The Hall–Kier alpha value is -1.34. The van der Waals surface area contributed by atoms with Crippen molar-refractivity contribution in [1.29, 1.82) is 5.26 Å². The van der Waals surface area contributed by atoms with Crippen molar-refractivity contribution < 1.29 is 4.79 Å². The minimum Gasteiger partial charge on any atom is -0.352 e. The molecule has 1 aliphatic carbocycles. The Bertz CT molecular complexity index is 429. The Morgan fingerprint density at radius 1 is 1.71 bits per heavy atom. The van der Waals surface area contributed by atoms with Gasteiger partial charge in [0.15, 0.2) is 0 Å². The second kappa shape index (κ2) is 4.89. The van der Waals surface area contributed by atoms with Crippen molar-refractivity contribution in [3.63, 3.8) is 0 Å². The summed E-state index contributed by atoms with van der Waals surface area (Å²) in [6.07, 6.45) is 3.23. The summed E-state index contributed by atoms with van der Waals surface area (Å²) in [4.78, 5) is 12.0. The molecule has 1 aromatic heterocycles. The molecule has 1 unspecified atom stereocenters. The van der Waals surface area contributed by atoms with Gasteiger partial charge in [0.25, 0.3) is 0 Å². The van der Waals surface area contributed by atoms with E-state index in [4.69, 9.17) is 5.26 Å². The number of carbonyl (C=O) groups is 1. The van der Waals surface area contributed by atoms with E-state index in [0.717, 1.165) is 12.8 Å². The minimum absolute atomic E-state index is 0.0860. The smallest absolute Gasteiger partial charge is 0.240 e. The molecule has 1 amide bonds. The highest BCUT2D eigenvalue weighted by Gasteiger charge is 2.44. The van der Waals surface area contributed by atoms with E-state index in [2.05, 4.69) is 22.8 Å². The van der Waals surface area contributed by atoms with Crippen molar-refractivity contribution in [2.24, 2.45) is 5.41 Å². The normalized spacial score (nSPS) is 18.8. The van der Waals surface area contributed by atoms with Gasteiger partial charge in [0.1, 0.15) is 5.41 Å². The van der Waals surface area contributed by atoms with Gasteiger partial charge in [0, 0.05) is 6.04 Å². The molecule has 1 aromatic rings. The van der Waals surface area contributed by atoms with E-state index in [1.54, 1.807) is 11.3 Å². The molecule has 4 heteroatoms. The largest absolute Gasteiger partial charge is 0.352 e. The van der Waals surface area contributed by atoms with E-state index >= 15 is 0 Å². The maximum atomic E-state index is 12.0. The molecule has 0 bridgehead atoms. The summed E-state index contributed by atoms with van der Waals surface area (Å²) in [5, 5.41) is 16.1. The van der Waals surface area contributed by atoms with Crippen molar-refractivity contribution in [3.05, 3.63) is 22.4 Å². The molecule has 0 aliphatic heterocycles. The van der Waals surface area contributed by atoms with Crippen molar-refractivity contribution in [1.82, 2.24) is 5.32 Å². The van der Waals surface area contributed by atoms with Crippen LogP contribution in [0.15, 0.2) is 16.8 Å². The highest BCUT2D eigenvalue weighted by atomic mass is 32.1. The van der Waals surface area contributed by atoms with E-state index in [1.165, 1.54) is 5.56 Å². The average Bonchev–Trinajstić information content (AvgIpc) is 2.69. The van der Waals surface area contributed by atoms with Gasteiger partial charge in [0.05, 0.1) is 6.07 Å². The lowest BCUT2D eigenvalue weighted by Gasteiger charge is -2.34. The van der Waals surface area contributed by atoms with Gasteiger partial charge < -0.3 is 5.32 Å². The molecule has 0 radical (unpaired) electrons. The minimum atomic E-state index is -0.733. The summed E-state index contributed by atoms with van der Waals surface area (Å²) in [7, 11) is 0. The monoisotopic (exact) mass is 248 g/mol. The summed E-state index contributed by atoms with van der Waals surface area (Å²) in [6, 6.07) is 4.32. The van der Waals surface area contributed by atoms with E-state index in [-0.39, 0.29) is 11.9 Å². The number of hydrogen-bond acceptors (Lipinski definition) is 3. The molecule has 1 atom stereocenters. The zero-order valence-corrected chi connectivity index (χ0v) is 10.7. The van der Waals surface area contributed by atoms with Crippen LogP contribution in [0.2, 0.25) is 0 Å². The van der Waals surface area contributed by atoms with Crippen LogP contribution in [0.4, 0.5) is 0 Å². The van der Waals surface area contributed by atoms with Crippen LogP contribution in [0.25, 0.3) is 0 Å². The van der Waals surface area contributed by atoms with E-state index in [1.807, 2.05) is 12.3 Å². The van der Waals surface area contributed by atoms with Gasteiger partial charge in [-0.25, -0.2) is 0 Å². The summed E-state index contributed by atoms with van der Waals surface area (Å²) >= 11 is 1.66. The zero-order chi connectivity index (χ0) is 12.3. The highest BCUT2D eigenvalue weighted by molar-refractivity contribution is 7.07. The van der Waals surface area contributed by atoms with Gasteiger partial charge in [-0.1, -0.05) is 0 Å². The summed E-state index contributed by atoms with van der Waals surface area (Å²) in [5.41, 5.74) is 0.505. The molecule has 1 N–H and O–H groups in total. The molecule has 1 fully saturated rings. The summed E-state index contributed by atoms with van der Waals surface area (Å²) in [6.45, 7) is 1.99. The van der Waals surface area contributed by atoms with Crippen LogP contribution in [-0.2, 0) is 11.2 Å². The van der Waals surface area contributed by atoms with Gasteiger partial charge in [-0.05, 0) is 55.0 Å². The number of hydrogen-bond donors (Lipinski definition) is 1. The van der Waals surface area contributed by atoms with Gasteiger partial charge in [-0.3, -0.25) is 4.79 Å². The molecule has 90 valence electrons. The number of rotatable bonds is 4. The number of thiophene rings is 1. The van der Waals surface area contributed by atoms with E-state index < -0.39 is 5.41 Å². The van der Waals surface area contributed by atoms with E-state index in [9.17, 15) is 4.79 Å². The van der Waals surface area contributed by atoms with Gasteiger partial charge >= 0.3 is 0 Å². The molecule has 1 aliphatic rings. The van der Waals surface area contributed by atoms with Crippen LogP contribution in [0.1, 0.15) is 31.7 Å². The summed E-state index contributed by atoms with van der Waals surface area (Å²) < 4.78 is 0. The first kappa shape index (κ1) is 12.1. The Morgan fingerprint density at radius 3 is 2.94 bits per heavy atom. The van der Waals surface area contributed by atoms with Crippen LogP contribution in [-0.4, -0.2) is 11.9 Å². The second-order valence-electron chi connectivity index (χ2n) is 4.76. The summed E-state index contributed by atoms with van der Waals surface area (Å²) in [5.74, 6) is -0.0889. The molecule has 0 spiro atoms. The number of nitrogens with zero attached hydrogens (tertiary/aromatic N) is 1. The van der Waals surface area contributed by atoms with Crippen LogP contribution < -0.4 is 5.32 Å². The zero-order valence-electron chi connectivity index (χ0n) is 9.90. The van der Waals surface area contributed by atoms with Crippen molar-refractivity contribution in [2.45, 2.75) is 38.6 Å². The number of carbonyl (C=O) groups excluding carboxylic acids is 1. The molecule has 3 nitrogen and oxygen atoms in total. The molecule has 17 heavy (non-hydrogen) atoms. The lowest BCUT2D eigenvalue weighted by molar-refractivity contribution is -0.132. The Labute approximate surface area is 105 Å². The quantitative estimate of drug-likeness (QED) is 0.890. The first-order chi connectivity index (χ1) is 8.16.